The van der Waals surface area contributed by atoms with E-state index in [2.05, 4.69) is 9.97 Å². The molecule has 0 aliphatic carbocycles. The van der Waals surface area contributed by atoms with Crippen molar-refractivity contribution in [1.29, 1.82) is 0 Å². The molecule has 0 saturated carbocycles. The second-order valence-electron chi connectivity index (χ2n) is 2.32. The van der Waals surface area contributed by atoms with Crippen LogP contribution in [0.15, 0.2) is 23.1 Å². The maximum atomic E-state index is 8.77. The molecule has 0 unspecified atom stereocenters. The van der Waals surface area contributed by atoms with Crippen LogP contribution in [0.1, 0.15) is 0 Å². The molecule has 0 fully saturated rings. The van der Waals surface area contributed by atoms with E-state index in [0.717, 1.165) is 0 Å². The number of rotatable bonds is 1. The molecule has 6 heteroatoms. The van der Waals surface area contributed by atoms with E-state index in [0.29, 0.717) is 16.7 Å². The van der Waals surface area contributed by atoms with E-state index in [1.54, 1.807) is 0 Å². The van der Waals surface area contributed by atoms with Crippen LogP contribution in [0.4, 0.5) is 0 Å². The van der Waals surface area contributed by atoms with Crippen LogP contribution in [-0.2, 0) is 0 Å². The third kappa shape index (κ3) is 1.07. The molecule has 0 aliphatic rings. The summed E-state index contributed by atoms with van der Waals surface area (Å²) in [5.41, 5.74) is 1.19. The Hall–Kier alpha value is -1.40. The lowest BCUT2D eigenvalue weighted by atomic mass is 9.82. The largest absolute Gasteiger partial charge is 0.490 e. The average Bonchev–Trinajstić information content (AvgIpc) is 2.49. The van der Waals surface area contributed by atoms with Gasteiger partial charge >= 0.3 is 7.12 Å². The molecule has 0 saturated heterocycles. The van der Waals surface area contributed by atoms with Crippen molar-refractivity contribution in [3.63, 3.8) is 0 Å². The summed E-state index contributed by atoms with van der Waals surface area (Å²) in [6.07, 6.45) is 2.60. The minimum absolute atomic E-state index is 0.291. The van der Waals surface area contributed by atoms with Gasteiger partial charge in [0.2, 0.25) is 0 Å². The molecule has 2 aromatic rings. The van der Waals surface area contributed by atoms with Crippen molar-refractivity contribution in [2.75, 3.05) is 0 Å². The van der Waals surface area contributed by atoms with Crippen molar-refractivity contribution in [2.45, 2.75) is 0 Å². The standard InChI is InChI=1S/C6H5BN2O3/c10-7(11)4-1-5-6(8-2-4)9-3-12-5/h1-3,10-11H. The van der Waals surface area contributed by atoms with Crippen LogP contribution >= 0.6 is 0 Å². The molecule has 5 nitrogen and oxygen atoms in total. The van der Waals surface area contributed by atoms with E-state index in [9.17, 15) is 0 Å². The maximum Gasteiger partial charge on any atom is 0.490 e. The van der Waals surface area contributed by atoms with Gasteiger partial charge in [-0.1, -0.05) is 0 Å². The topological polar surface area (TPSA) is 79.4 Å². The van der Waals surface area contributed by atoms with E-state index >= 15 is 0 Å². The molecule has 2 rings (SSSR count). The van der Waals surface area contributed by atoms with Crippen LogP contribution in [-0.4, -0.2) is 27.1 Å². The lowest BCUT2D eigenvalue weighted by Crippen LogP contribution is -2.29. The lowest BCUT2D eigenvalue weighted by Gasteiger charge is -1.95. The first-order valence-corrected chi connectivity index (χ1v) is 3.32. The third-order valence-corrected chi connectivity index (χ3v) is 1.51. The Bertz CT molecular complexity index is 400. The van der Waals surface area contributed by atoms with Crippen molar-refractivity contribution >= 4 is 23.8 Å². The van der Waals surface area contributed by atoms with Crippen molar-refractivity contribution in [2.24, 2.45) is 0 Å². The number of aromatic nitrogens is 2. The second-order valence-corrected chi connectivity index (χ2v) is 2.32. The van der Waals surface area contributed by atoms with Crippen LogP contribution < -0.4 is 5.46 Å². The van der Waals surface area contributed by atoms with Crippen LogP contribution in [0.3, 0.4) is 0 Å². The molecule has 0 aromatic carbocycles. The predicted octanol–water partition coefficient (Wildman–Crippen LogP) is -1.10. The minimum Gasteiger partial charge on any atom is -0.442 e. The van der Waals surface area contributed by atoms with Gasteiger partial charge in [0.15, 0.2) is 17.6 Å². The van der Waals surface area contributed by atoms with Gasteiger partial charge in [-0.2, -0.15) is 4.98 Å². The van der Waals surface area contributed by atoms with E-state index in [-0.39, 0.29) is 0 Å². The molecular formula is C6H5BN2O3. The monoisotopic (exact) mass is 164 g/mol. The summed E-state index contributed by atoms with van der Waals surface area (Å²) < 4.78 is 4.91. The first-order chi connectivity index (χ1) is 5.77. The van der Waals surface area contributed by atoms with Crippen LogP contribution in [0.25, 0.3) is 11.2 Å². The molecule has 60 valence electrons. The van der Waals surface area contributed by atoms with Gasteiger partial charge in [-0.15, -0.1) is 0 Å². The SMILES string of the molecule is OB(O)c1cnc2ncoc2c1. The summed E-state index contributed by atoms with van der Waals surface area (Å²) in [4.78, 5) is 7.62. The zero-order chi connectivity index (χ0) is 8.55. The molecule has 0 bridgehead atoms. The summed E-state index contributed by atoms with van der Waals surface area (Å²) >= 11 is 0. The number of oxazole rings is 1. The average molecular weight is 164 g/mol. The van der Waals surface area contributed by atoms with Crippen molar-refractivity contribution in [3.05, 3.63) is 18.7 Å². The highest BCUT2D eigenvalue weighted by atomic mass is 16.4. The zero-order valence-corrected chi connectivity index (χ0v) is 6.01. The molecular weight excluding hydrogens is 159 g/mol. The summed E-state index contributed by atoms with van der Waals surface area (Å²) in [5, 5.41) is 17.5. The van der Waals surface area contributed by atoms with Gasteiger partial charge in [-0.05, 0) is 6.07 Å². The zero-order valence-electron chi connectivity index (χ0n) is 6.01. The summed E-state index contributed by atoms with van der Waals surface area (Å²) in [7, 11) is -1.52. The normalized spacial score (nSPS) is 10.5. The van der Waals surface area contributed by atoms with Crippen molar-refractivity contribution in [3.8, 4) is 0 Å². The summed E-state index contributed by atoms with van der Waals surface area (Å²) in [5.74, 6) is 0. The van der Waals surface area contributed by atoms with E-state index in [1.807, 2.05) is 0 Å². The second kappa shape index (κ2) is 2.58. The Kier molecular flexibility index (Phi) is 1.56. The highest BCUT2D eigenvalue weighted by molar-refractivity contribution is 6.58. The summed E-state index contributed by atoms with van der Waals surface area (Å²) in [6.45, 7) is 0. The molecule has 12 heavy (non-hydrogen) atoms. The fourth-order valence-electron chi connectivity index (χ4n) is 0.910. The number of hydrogen-bond donors (Lipinski definition) is 2. The molecule has 0 atom stereocenters. The van der Waals surface area contributed by atoms with Gasteiger partial charge in [0.1, 0.15) is 0 Å². The van der Waals surface area contributed by atoms with Gasteiger partial charge < -0.3 is 14.5 Å². The fourth-order valence-corrected chi connectivity index (χ4v) is 0.910. The molecule has 2 heterocycles. The first-order valence-electron chi connectivity index (χ1n) is 3.32. The van der Waals surface area contributed by atoms with Gasteiger partial charge in [0.05, 0.1) is 0 Å². The lowest BCUT2D eigenvalue weighted by molar-refractivity contribution is 0.425. The number of pyridine rings is 1. The Morgan fingerprint density at radius 2 is 2.17 bits per heavy atom. The van der Waals surface area contributed by atoms with Crippen LogP contribution in [0.2, 0.25) is 0 Å². The molecule has 0 amide bonds. The maximum absolute atomic E-state index is 8.77. The van der Waals surface area contributed by atoms with E-state index in [4.69, 9.17) is 14.5 Å². The van der Waals surface area contributed by atoms with E-state index in [1.165, 1.54) is 18.7 Å². The Morgan fingerprint density at radius 1 is 1.33 bits per heavy atom. The van der Waals surface area contributed by atoms with E-state index < -0.39 is 7.12 Å². The van der Waals surface area contributed by atoms with Crippen LogP contribution in [0, 0.1) is 0 Å². The fraction of sp³-hybridized carbons (Fsp3) is 0. The van der Waals surface area contributed by atoms with Crippen molar-refractivity contribution < 1.29 is 14.5 Å². The highest BCUT2D eigenvalue weighted by Gasteiger charge is 2.12. The molecule has 0 spiro atoms. The number of hydrogen-bond acceptors (Lipinski definition) is 5. The Balaban J connectivity index is 2.60. The van der Waals surface area contributed by atoms with Gasteiger partial charge in [0.25, 0.3) is 0 Å². The van der Waals surface area contributed by atoms with Gasteiger partial charge in [0, 0.05) is 11.7 Å². The Morgan fingerprint density at radius 3 is 2.92 bits per heavy atom. The van der Waals surface area contributed by atoms with Crippen molar-refractivity contribution in [1.82, 2.24) is 9.97 Å². The molecule has 2 N–H and O–H groups in total. The summed E-state index contributed by atoms with van der Waals surface area (Å²) in [6, 6.07) is 1.49. The minimum atomic E-state index is -1.52. The molecule has 2 aromatic heterocycles. The van der Waals surface area contributed by atoms with Gasteiger partial charge in [-0.25, -0.2) is 4.98 Å². The Labute approximate surface area is 67.8 Å². The predicted molar refractivity (Wildman–Crippen MR) is 41.6 cm³/mol. The van der Waals surface area contributed by atoms with Gasteiger partial charge in [-0.3, -0.25) is 0 Å². The number of nitrogens with zero attached hydrogens (tertiary/aromatic N) is 2. The number of fused-ring (bicyclic) bond motifs is 1. The first kappa shape index (κ1) is 7.26. The smallest absolute Gasteiger partial charge is 0.442 e. The molecule has 0 radical (unpaired) electrons. The third-order valence-electron chi connectivity index (χ3n) is 1.51. The van der Waals surface area contributed by atoms with Crippen LogP contribution in [0.5, 0.6) is 0 Å². The highest BCUT2D eigenvalue weighted by Crippen LogP contribution is 2.05. The quantitative estimate of drug-likeness (QED) is 0.523. The molecule has 0 aliphatic heterocycles.